The number of halogens is 1. The fraction of sp³-hybridized carbons (Fsp3) is 0.385. The van der Waals surface area contributed by atoms with Crippen molar-refractivity contribution in [3.8, 4) is 0 Å². The first kappa shape index (κ1) is 15.5. The van der Waals surface area contributed by atoms with Gasteiger partial charge in [0.1, 0.15) is 11.9 Å². The van der Waals surface area contributed by atoms with Crippen LogP contribution in [0.15, 0.2) is 24.3 Å². The minimum atomic E-state index is -0.665. The average molecular weight is 284 g/mol. The summed E-state index contributed by atoms with van der Waals surface area (Å²) in [6, 6.07) is 5.75. The second kappa shape index (κ2) is 7.78. The van der Waals surface area contributed by atoms with Crippen molar-refractivity contribution in [1.29, 1.82) is 0 Å². The maximum absolute atomic E-state index is 13.3. The van der Waals surface area contributed by atoms with Gasteiger partial charge < -0.3 is 10.6 Å². The lowest BCUT2D eigenvalue weighted by Gasteiger charge is -2.15. The highest BCUT2D eigenvalue weighted by Crippen LogP contribution is 2.06. The Morgan fingerprint density at radius 1 is 1.37 bits per heavy atom. The molecule has 1 atom stereocenters. The second-order valence-electron chi connectivity index (χ2n) is 4.07. The largest absolute Gasteiger partial charge is 0.354 e. The first-order chi connectivity index (χ1) is 9.04. The summed E-state index contributed by atoms with van der Waals surface area (Å²) in [6.07, 6.45) is 0.401. The van der Waals surface area contributed by atoms with Crippen LogP contribution in [0.25, 0.3) is 0 Å². The van der Waals surface area contributed by atoms with Crippen molar-refractivity contribution in [3.63, 3.8) is 0 Å². The van der Waals surface area contributed by atoms with E-state index in [0.29, 0.717) is 18.5 Å². The zero-order valence-corrected chi connectivity index (χ0v) is 11.5. The summed E-state index contributed by atoms with van der Waals surface area (Å²) in [5.74, 6) is -0.681. The van der Waals surface area contributed by atoms with Crippen LogP contribution in [0.5, 0.6) is 0 Å². The molecule has 4 nitrogen and oxygen atoms in total. The molecule has 6 heteroatoms. The Labute approximate surface area is 117 Å². The highest BCUT2D eigenvalue weighted by atomic mass is 32.1. The van der Waals surface area contributed by atoms with Crippen LogP contribution in [-0.4, -0.2) is 30.2 Å². The van der Waals surface area contributed by atoms with Crippen LogP contribution < -0.4 is 10.6 Å². The van der Waals surface area contributed by atoms with Gasteiger partial charge in [-0.25, -0.2) is 4.39 Å². The van der Waals surface area contributed by atoms with Crippen LogP contribution in [0.4, 0.5) is 4.39 Å². The summed E-state index contributed by atoms with van der Waals surface area (Å²) >= 11 is 4.00. The lowest BCUT2D eigenvalue weighted by molar-refractivity contribution is -0.127. The summed E-state index contributed by atoms with van der Waals surface area (Å²) in [7, 11) is 0. The Balaban J connectivity index is 2.42. The molecule has 19 heavy (non-hydrogen) atoms. The van der Waals surface area contributed by atoms with Gasteiger partial charge in [0.25, 0.3) is 0 Å². The van der Waals surface area contributed by atoms with E-state index in [0.717, 1.165) is 0 Å². The van der Waals surface area contributed by atoms with Crippen LogP contribution in [0.2, 0.25) is 0 Å². The van der Waals surface area contributed by atoms with Crippen LogP contribution in [-0.2, 0) is 16.0 Å². The zero-order valence-electron chi connectivity index (χ0n) is 10.6. The van der Waals surface area contributed by atoms with Crippen LogP contribution in [0, 0.1) is 5.82 Å². The molecule has 1 aromatic carbocycles. The first-order valence-electron chi connectivity index (χ1n) is 5.93. The van der Waals surface area contributed by atoms with Gasteiger partial charge in [-0.15, -0.1) is 0 Å². The highest BCUT2D eigenvalue weighted by molar-refractivity contribution is 7.80. The van der Waals surface area contributed by atoms with Crippen LogP contribution >= 0.6 is 12.6 Å². The SMILES string of the molecule is CC(=O)NC(CS)C(=O)NCCc1ccccc1F. The smallest absolute Gasteiger partial charge is 0.243 e. The quantitative estimate of drug-likeness (QED) is 0.680. The molecule has 0 heterocycles. The van der Waals surface area contributed by atoms with E-state index in [1.54, 1.807) is 18.2 Å². The van der Waals surface area contributed by atoms with Gasteiger partial charge in [-0.2, -0.15) is 12.6 Å². The van der Waals surface area contributed by atoms with Gasteiger partial charge in [-0.1, -0.05) is 18.2 Å². The first-order valence-corrected chi connectivity index (χ1v) is 6.57. The predicted molar refractivity (Wildman–Crippen MR) is 74.6 cm³/mol. The highest BCUT2D eigenvalue weighted by Gasteiger charge is 2.16. The van der Waals surface area contributed by atoms with Crippen molar-refractivity contribution in [3.05, 3.63) is 35.6 Å². The Morgan fingerprint density at radius 2 is 2.05 bits per heavy atom. The van der Waals surface area contributed by atoms with Gasteiger partial charge in [0.2, 0.25) is 11.8 Å². The molecule has 1 aromatic rings. The molecule has 1 rings (SSSR count). The maximum atomic E-state index is 13.3. The molecule has 0 bridgehead atoms. The molecule has 0 saturated heterocycles. The van der Waals surface area contributed by atoms with E-state index in [1.165, 1.54) is 13.0 Å². The number of nitrogens with one attached hydrogen (secondary N) is 2. The number of carbonyl (C=O) groups is 2. The van der Waals surface area contributed by atoms with Crippen molar-refractivity contribution in [2.45, 2.75) is 19.4 Å². The van der Waals surface area contributed by atoms with Gasteiger partial charge >= 0.3 is 0 Å². The fourth-order valence-corrected chi connectivity index (χ4v) is 1.84. The van der Waals surface area contributed by atoms with E-state index in [1.807, 2.05) is 0 Å². The van der Waals surface area contributed by atoms with Gasteiger partial charge in [-0.05, 0) is 18.1 Å². The van der Waals surface area contributed by atoms with E-state index < -0.39 is 6.04 Å². The number of rotatable bonds is 6. The molecule has 0 fully saturated rings. The molecule has 2 amide bonds. The van der Waals surface area contributed by atoms with Gasteiger partial charge in [-0.3, -0.25) is 9.59 Å². The lowest BCUT2D eigenvalue weighted by atomic mass is 10.1. The molecular weight excluding hydrogens is 267 g/mol. The van der Waals surface area contributed by atoms with E-state index in [-0.39, 0.29) is 23.4 Å². The predicted octanol–water partition coefficient (Wildman–Crippen LogP) is 0.919. The third-order valence-electron chi connectivity index (χ3n) is 2.53. The molecule has 0 saturated carbocycles. The molecule has 0 aliphatic rings. The Kier molecular flexibility index (Phi) is 6.35. The number of hydrogen-bond donors (Lipinski definition) is 3. The van der Waals surface area contributed by atoms with Crippen LogP contribution in [0.1, 0.15) is 12.5 Å². The number of thiol groups is 1. The standard InChI is InChI=1S/C13H17FN2O2S/c1-9(17)16-12(8-19)13(18)15-7-6-10-4-2-3-5-11(10)14/h2-5,12,19H,6-8H2,1H3,(H,15,18)(H,16,17). The molecule has 2 N–H and O–H groups in total. The maximum Gasteiger partial charge on any atom is 0.243 e. The van der Waals surface area contributed by atoms with Gasteiger partial charge in [0, 0.05) is 19.2 Å². The van der Waals surface area contributed by atoms with E-state index >= 15 is 0 Å². The molecule has 0 aromatic heterocycles. The zero-order chi connectivity index (χ0) is 14.3. The Hall–Kier alpha value is -1.56. The van der Waals surface area contributed by atoms with Crippen LogP contribution in [0.3, 0.4) is 0 Å². The van der Waals surface area contributed by atoms with Crippen molar-refractivity contribution in [1.82, 2.24) is 10.6 Å². The molecule has 0 spiro atoms. The lowest BCUT2D eigenvalue weighted by Crippen LogP contribution is -2.47. The number of benzene rings is 1. The summed E-state index contributed by atoms with van der Waals surface area (Å²) < 4.78 is 13.3. The molecule has 0 radical (unpaired) electrons. The third-order valence-corrected chi connectivity index (χ3v) is 2.89. The minimum absolute atomic E-state index is 0.213. The second-order valence-corrected chi connectivity index (χ2v) is 4.43. The molecule has 0 aliphatic heterocycles. The van der Waals surface area contributed by atoms with Gasteiger partial charge in [0.15, 0.2) is 0 Å². The summed E-state index contributed by atoms with van der Waals surface area (Å²) in [6.45, 7) is 1.65. The summed E-state index contributed by atoms with van der Waals surface area (Å²) in [4.78, 5) is 22.6. The molecular formula is C13H17FN2O2S. The number of carbonyl (C=O) groups excluding carboxylic acids is 2. The average Bonchev–Trinajstić information content (AvgIpc) is 2.37. The van der Waals surface area contributed by atoms with Crippen molar-refractivity contribution >= 4 is 24.4 Å². The third kappa shape index (κ3) is 5.30. The van der Waals surface area contributed by atoms with E-state index in [2.05, 4.69) is 23.3 Å². The minimum Gasteiger partial charge on any atom is -0.354 e. The Bertz CT molecular complexity index is 454. The number of amides is 2. The van der Waals surface area contributed by atoms with E-state index in [4.69, 9.17) is 0 Å². The summed E-state index contributed by atoms with van der Waals surface area (Å²) in [5.41, 5.74) is 0.546. The summed E-state index contributed by atoms with van der Waals surface area (Å²) in [5, 5.41) is 5.13. The monoisotopic (exact) mass is 284 g/mol. The molecule has 104 valence electrons. The van der Waals surface area contributed by atoms with Gasteiger partial charge in [0.05, 0.1) is 0 Å². The van der Waals surface area contributed by atoms with Crippen molar-refractivity contribution in [2.24, 2.45) is 0 Å². The topological polar surface area (TPSA) is 58.2 Å². The normalized spacial score (nSPS) is 11.7. The Morgan fingerprint density at radius 3 is 2.63 bits per heavy atom. The molecule has 1 unspecified atom stereocenters. The molecule has 0 aliphatic carbocycles. The van der Waals surface area contributed by atoms with Crippen molar-refractivity contribution in [2.75, 3.05) is 12.3 Å². The number of hydrogen-bond acceptors (Lipinski definition) is 3. The van der Waals surface area contributed by atoms with E-state index in [9.17, 15) is 14.0 Å². The van der Waals surface area contributed by atoms with Crippen molar-refractivity contribution < 1.29 is 14.0 Å². The fourth-order valence-electron chi connectivity index (χ4n) is 1.58.